The predicted molar refractivity (Wildman–Crippen MR) is 83.5 cm³/mol. The number of hydrogen-bond donors (Lipinski definition) is 1. The molecule has 0 aliphatic carbocycles. The Bertz CT molecular complexity index is 537. The van der Waals surface area contributed by atoms with Gasteiger partial charge in [0.2, 0.25) is 0 Å². The SMILES string of the molecule is CCN(CCCc1ccc(N)cc1)c1cccc(F)c1. The molecule has 0 atom stereocenters. The number of rotatable bonds is 6. The molecule has 0 fully saturated rings. The first-order valence-corrected chi connectivity index (χ1v) is 7.04. The second kappa shape index (κ2) is 6.94. The monoisotopic (exact) mass is 272 g/mol. The van der Waals surface area contributed by atoms with Crippen LogP contribution in [0.15, 0.2) is 48.5 Å². The standard InChI is InChI=1S/C17H21FN2/c1-2-20(17-7-3-6-15(18)13-17)12-4-5-14-8-10-16(19)11-9-14/h3,6-11,13H,2,4-5,12,19H2,1H3. The molecule has 2 nitrogen and oxygen atoms in total. The van der Waals surface area contributed by atoms with Crippen molar-refractivity contribution in [3.05, 3.63) is 59.9 Å². The van der Waals surface area contributed by atoms with E-state index in [-0.39, 0.29) is 5.82 Å². The minimum Gasteiger partial charge on any atom is -0.399 e. The molecule has 0 spiro atoms. The molecule has 0 saturated heterocycles. The van der Waals surface area contributed by atoms with E-state index in [2.05, 4.69) is 24.0 Å². The van der Waals surface area contributed by atoms with Gasteiger partial charge in [-0.2, -0.15) is 0 Å². The van der Waals surface area contributed by atoms with Crippen LogP contribution in [0.3, 0.4) is 0 Å². The van der Waals surface area contributed by atoms with Crippen LogP contribution in [0.2, 0.25) is 0 Å². The largest absolute Gasteiger partial charge is 0.399 e. The van der Waals surface area contributed by atoms with Crippen molar-refractivity contribution in [1.82, 2.24) is 0 Å². The third-order valence-electron chi connectivity index (χ3n) is 3.43. The van der Waals surface area contributed by atoms with Gasteiger partial charge in [-0.3, -0.25) is 0 Å². The van der Waals surface area contributed by atoms with Crippen LogP contribution in [0.5, 0.6) is 0 Å². The topological polar surface area (TPSA) is 29.3 Å². The van der Waals surface area contributed by atoms with Crippen LogP contribution in [0.25, 0.3) is 0 Å². The quantitative estimate of drug-likeness (QED) is 0.809. The molecule has 0 amide bonds. The second-order valence-electron chi connectivity index (χ2n) is 4.90. The number of anilines is 2. The maximum absolute atomic E-state index is 13.3. The number of halogens is 1. The van der Waals surface area contributed by atoms with Crippen LogP contribution in [-0.4, -0.2) is 13.1 Å². The van der Waals surface area contributed by atoms with Gasteiger partial charge in [-0.1, -0.05) is 18.2 Å². The number of benzene rings is 2. The molecule has 0 aliphatic heterocycles. The molecule has 0 heterocycles. The van der Waals surface area contributed by atoms with Crippen LogP contribution >= 0.6 is 0 Å². The van der Waals surface area contributed by atoms with Crippen molar-refractivity contribution in [2.45, 2.75) is 19.8 Å². The van der Waals surface area contributed by atoms with Gasteiger partial charge in [-0.05, 0) is 55.7 Å². The van der Waals surface area contributed by atoms with Crippen molar-refractivity contribution >= 4 is 11.4 Å². The maximum Gasteiger partial charge on any atom is 0.125 e. The van der Waals surface area contributed by atoms with E-state index in [4.69, 9.17) is 5.73 Å². The van der Waals surface area contributed by atoms with Gasteiger partial charge in [-0.15, -0.1) is 0 Å². The van der Waals surface area contributed by atoms with Gasteiger partial charge >= 0.3 is 0 Å². The minimum absolute atomic E-state index is 0.181. The van der Waals surface area contributed by atoms with Gasteiger partial charge in [0.1, 0.15) is 5.82 Å². The van der Waals surface area contributed by atoms with Crippen LogP contribution in [0.4, 0.5) is 15.8 Å². The second-order valence-corrected chi connectivity index (χ2v) is 4.90. The molecule has 3 heteroatoms. The van der Waals surface area contributed by atoms with E-state index in [9.17, 15) is 4.39 Å². The van der Waals surface area contributed by atoms with E-state index in [0.717, 1.165) is 37.3 Å². The van der Waals surface area contributed by atoms with Crippen molar-refractivity contribution in [1.29, 1.82) is 0 Å². The van der Waals surface area contributed by atoms with E-state index in [1.54, 1.807) is 12.1 Å². The van der Waals surface area contributed by atoms with Gasteiger partial charge in [0.15, 0.2) is 0 Å². The fourth-order valence-electron chi connectivity index (χ4n) is 2.30. The molecule has 0 unspecified atom stereocenters. The molecular weight excluding hydrogens is 251 g/mol. The summed E-state index contributed by atoms with van der Waals surface area (Å²) in [6, 6.07) is 14.8. The number of nitrogen functional groups attached to an aromatic ring is 1. The highest BCUT2D eigenvalue weighted by atomic mass is 19.1. The molecule has 2 N–H and O–H groups in total. The van der Waals surface area contributed by atoms with Crippen LogP contribution in [0.1, 0.15) is 18.9 Å². The summed E-state index contributed by atoms with van der Waals surface area (Å²) < 4.78 is 13.3. The highest BCUT2D eigenvalue weighted by molar-refractivity contribution is 5.46. The molecule has 0 aromatic heterocycles. The molecule has 20 heavy (non-hydrogen) atoms. The molecule has 2 aromatic carbocycles. The number of hydrogen-bond acceptors (Lipinski definition) is 2. The Labute approximate surface area is 120 Å². The van der Waals surface area contributed by atoms with E-state index < -0.39 is 0 Å². The smallest absolute Gasteiger partial charge is 0.125 e. The van der Waals surface area contributed by atoms with Gasteiger partial charge in [0.25, 0.3) is 0 Å². The van der Waals surface area contributed by atoms with Crippen molar-refractivity contribution in [3.63, 3.8) is 0 Å². The maximum atomic E-state index is 13.3. The summed E-state index contributed by atoms with van der Waals surface area (Å²) >= 11 is 0. The van der Waals surface area contributed by atoms with E-state index in [1.807, 2.05) is 18.2 Å². The zero-order valence-corrected chi connectivity index (χ0v) is 11.8. The zero-order valence-electron chi connectivity index (χ0n) is 11.8. The average molecular weight is 272 g/mol. The number of nitrogens with two attached hydrogens (primary N) is 1. The summed E-state index contributed by atoms with van der Waals surface area (Å²) in [6.07, 6.45) is 2.04. The average Bonchev–Trinajstić information content (AvgIpc) is 2.45. The Morgan fingerprint density at radius 1 is 1.10 bits per heavy atom. The van der Waals surface area contributed by atoms with E-state index in [1.165, 1.54) is 11.6 Å². The molecule has 0 saturated carbocycles. The first kappa shape index (κ1) is 14.4. The van der Waals surface area contributed by atoms with Gasteiger partial charge in [0, 0.05) is 24.5 Å². The van der Waals surface area contributed by atoms with Crippen LogP contribution in [0, 0.1) is 5.82 Å². The zero-order chi connectivity index (χ0) is 14.4. The summed E-state index contributed by atoms with van der Waals surface area (Å²) in [4.78, 5) is 2.19. The molecule has 106 valence electrons. The molecule has 0 aliphatic rings. The highest BCUT2D eigenvalue weighted by Gasteiger charge is 2.05. The predicted octanol–water partition coefficient (Wildman–Crippen LogP) is 3.87. The lowest BCUT2D eigenvalue weighted by Gasteiger charge is -2.23. The Balaban J connectivity index is 1.89. The van der Waals surface area contributed by atoms with Crippen molar-refractivity contribution < 1.29 is 4.39 Å². The summed E-state index contributed by atoms with van der Waals surface area (Å²) in [5.41, 5.74) is 8.70. The third-order valence-corrected chi connectivity index (χ3v) is 3.43. The molecule has 0 bridgehead atoms. The van der Waals surface area contributed by atoms with Crippen molar-refractivity contribution in [2.24, 2.45) is 0 Å². The fraction of sp³-hybridized carbons (Fsp3) is 0.294. The Hall–Kier alpha value is -2.03. The summed E-state index contributed by atoms with van der Waals surface area (Å²) in [7, 11) is 0. The van der Waals surface area contributed by atoms with Gasteiger partial charge in [-0.25, -0.2) is 4.39 Å². The Kier molecular flexibility index (Phi) is 4.99. The van der Waals surface area contributed by atoms with Gasteiger partial charge < -0.3 is 10.6 Å². The van der Waals surface area contributed by atoms with E-state index >= 15 is 0 Å². The lowest BCUT2D eigenvalue weighted by atomic mass is 10.1. The Morgan fingerprint density at radius 2 is 1.85 bits per heavy atom. The Morgan fingerprint density at radius 3 is 2.50 bits per heavy atom. The summed E-state index contributed by atoms with van der Waals surface area (Å²) in [5.74, 6) is -0.181. The van der Waals surface area contributed by atoms with Gasteiger partial charge in [0.05, 0.1) is 0 Å². The molecule has 2 aromatic rings. The highest BCUT2D eigenvalue weighted by Crippen LogP contribution is 2.16. The lowest BCUT2D eigenvalue weighted by Crippen LogP contribution is -2.24. The van der Waals surface area contributed by atoms with Crippen molar-refractivity contribution in [2.75, 3.05) is 23.7 Å². The lowest BCUT2D eigenvalue weighted by molar-refractivity contribution is 0.626. The van der Waals surface area contributed by atoms with Crippen LogP contribution in [-0.2, 0) is 6.42 Å². The normalized spacial score (nSPS) is 10.5. The fourth-order valence-corrected chi connectivity index (χ4v) is 2.30. The first-order valence-electron chi connectivity index (χ1n) is 7.04. The molecule has 0 radical (unpaired) electrons. The minimum atomic E-state index is -0.181. The van der Waals surface area contributed by atoms with E-state index in [0.29, 0.717) is 0 Å². The number of nitrogens with zero attached hydrogens (tertiary/aromatic N) is 1. The molecule has 2 rings (SSSR count). The van der Waals surface area contributed by atoms with Crippen molar-refractivity contribution in [3.8, 4) is 0 Å². The molecular formula is C17H21FN2. The summed E-state index contributed by atoms with van der Waals surface area (Å²) in [6.45, 7) is 3.89. The third kappa shape index (κ3) is 3.98. The van der Waals surface area contributed by atoms with Crippen LogP contribution < -0.4 is 10.6 Å². The number of aryl methyl sites for hydroxylation is 1. The summed E-state index contributed by atoms with van der Waals surface area (Å²) in [5, 5.41) is 0. The first-order chi connectivity index (χ1) is 9.69.